The number of benzene rings is 3. The molecular formula is C47H61Cl2F2N3O12. The lowest BCUT2D eigenvalue weighted by Gasteiger charge is -2.37. The topological polar surface area (TPSA) is 174 Å². The van der Waals surface area contributed by atoms with Crippen LogP contribution >= 0.6 is 23.2 Å². The fourth-order valence-corrected chi connectivity index (χ4v) is 7.73. The highest BCUT2D eigenvalue weighted by Gasteiger charge is 2.61. The first-order valence-corrected chi connectivity index (χ1v) is 22.3. The fourth-order valence-electron chi connectivity index (χ4n) is 7.39. The summed E-state index contributed by atoms with van der Waals surface area (Å²) in [5, 5.41) is 17.1. The van der Waals surface area contributed by atoms with E-state index in [9.17, 15) is 14.9 Å². The summed E-state index contributed by atoms with van der Waals surface area (Å²) in [5.74, 6) is -4.27. The van der Waals surface area contributed by atoms with Crippen molar-refractivity contribution in [3.63, 3.8) is 0 Å². The van der Waals surface area contributed by atoms with Crippen LogP contribution in [0.1, 0.15) is 61.5 Å². The van der Waals surface area contributed by atoms with Crippen molar-refractivity contribution in [1.29, 1.82) is 5.26 Å². The molecule has 3 aromatic rings. The molecule has 364 valence electrons. The number of nitrogens with one attached hydrogen (secondary N) is 2. The molecular weight excluding hydrogens is 907 g/mol. The van der Waals surface area contributed by atoms with Gasteiger partial charge in [0.15, 0.2) is 6.79 Å². The number of carbonyl (C=O) groups excluding carboxylic acids is 2. The van der Waals surface area contributed by atoms with Gasteiger partial charge in [-0.3, -0.25) is 4.79 Å². The lowest BCUT2D eigenvalue weighted by Crippen LogP contribution is -2.45. The van der Waals surface area contributed by atoms with Gasteiger partial charge in [-0.15, -0.1) is 0 Å². The summed E-state index contributed by atoms with van der Waals surface area (Å²) in [6, 6.07) is 12.6. The maximum absolute atomic E-state index is 16.1. The third-order valence-corrected chi connectivity index (χ3v) is 10.9. The molecule has 66 heavy (non-hydrogen) atoms. The zero-order valence-corrected chi connectivity index (χ0v) is 39.8. The van der Waals surface area contributed by atoms with Crippen molar-refractivity contribution in [1.82, 2.24) is 5.32 Å². The van der Waals surface area contributed by atoms with Crippen LogP contribution in [-0.2, 0) is 52.8 Å². The van der Waals surface area contributed by atoms with Crippen molar-refractivity contribution in [2.45, 2.75) is 63.8 Å². The summed E-state index contributed by atoms with van der Waals surface area (Å²) in [6.45, 7) is 12.3. The minimum absolute atomic E-state index is 0.0548. The molecule has 1 saturated heterocycles. The van der Waals surface area contributed by atoms with E-state index >= 15 is 8.78 Å². The van der Waals surface area contributed by atoms with Crippen LogP contribution < -0.4 is 15.4 Å². The molecule has 1 unspecified atom stereocenters. The number of rotatable bonds is 29. The van der Waals surface area contributed by atoms with Gasteiger partial charge in [0.2, 0.25) is 12.2 Å². The van der Waals surface area contributed by atoms with Crippen LogP contribution in [0.25, 0.3) is 0 Å². The van der Waals surface area contributed by atoms with Gasteiger partial charge in [0.05, 0.1) is 115 Å². The van der Waals surface area contributed by atoms with Gasteiger partial charge in [-0.25, -0.2) is 13.6 Å². The number of halogens is 4. The number of amides is 1. The van der Waals surface area contributed by atoms with Crippen LogP contribution in [0.2, 0.25) is 10.0 Å². The van der Waals surface area contributed by atoms with Gasteiger partial charge in [0.25, 0.3) is 0 Å². The predicted molar refractivity (Wildman–Crippen MR) is 242 cm³/mol. The monoisotopic (exact) mass is 967 g/mol. The Morgan fingerprint density at radius 1 is 0.833 bits per heavy atom. The van der Waals surface area contributed by atoms with E-state index in [2.05, 4.69) is 16.7 Å². The summed E-state index contributed by atoms with van der Waals surface area (Å²) < 4.78 is 86.0. The second-order valence-electron chi connectivity index (χ2n) is 16.3. The van der Waals surface area contributed by atoms with Crippen LogP contribution in [-0.4, -0.2) is 131 Å². The maximum Gasteiger partial charge on any atom is 0.340 e. The molecule has 19 heteroatoms. The Balaban J connectivity index is 1.28. The van der Waals surface area contributed by atoms with Crippen LogP contribution in [0.4, 0.5) is 14.5 Å². The van der Waals surface area contributed by atoms with Crippen molar-refractivity contribution in [3.8, 4) is 11.8 Å². The normalized spacial score (nSPS) is 18.8. The van der Waals surface area contributed by atoms with Crippen molar-refractivity contribution < 1.29 is 65.7 Å². The zero-order valence-electron chi connectivity index (χ0n) is 38.3. The van der Waals surface area contributed by atoms with Gasteiger partial charge in [0, 0.05) is 29.7 Å². The summed E-state index contributed by atoms with van der Waals surface area (Å²) in [5.41, 5.74) is -2.14. The smallest absolute Gasteiger partial charge is 0.340 e. The summed E-state index contributed by atoms with van der Waals surface area (Å²) in [6.07, 6.45) is -0.705. The number of ether oxygens (including phenoxy) is 10. The Hall–Kier alpha value is -4.03. The van der Waals surface area contributed by atoms with Crippen molar-refractivity contribution in [3.05, 3.63) is 93.0 Å². The molecule has 0 saturated carbocycles. The molecule has 0 radical (unpaired) electrons. The van der Waals surface area contributed by atoms with Crippen molar-refractivity contribution in [2.24, 2.45) is 5.41 Å². The molecule has 1 amide bonds. The zero-order chi connectivity index (χ0) is 48.1. The van der Waals surface area contributed by atoms with E-state index in [0.29, 0.717) is 72.7 Å². The van der Waals surface area contributed by atoms with E-state index in [1.165, 1.54) is 62.6 Å². The first kappa shape index (κ1) is 54.6. The Bertz CT molecular complexity index is 2040. The fraction of sp³-hybridized carbons (Fsp3) is 0.553. The Kier molecular flexibility index (Phi) is 22.9. The molecule has 0 aromatic heterocycles. The Labute approximate surface area is 395 Å². The first-order chi connectivity index (χ1) is 31.7. The highest BCUT2D eigenvalue weighted by Crippen LogP contribution is 2.53. The molecule has 0 aliphatic carbocycles. The number of carbonyl (C=O) groups is 2. The van der Waals surface area contributed by atoms with Gasteiger partial charge in [-0.05, 0) is 60.7 Å². The molecule has 15 nitrogen and oxygen atoms in total. The highest BCUT2D eigenvalue weighted by molar-refractivity contribution is 6.31. The summed E-state index contributed by atoms with van der Waals surface area (Å²) in [7, 11) is 2.97. The number of anilines is 1. The van der Waals surface area contributed by atoms with Crippen LogP contribution in [0, 0.1) is 28.4 Å². The van der Waals surface area contributed by atoms with Gasteiger partial charge in [0.1, 0.15) is 22.8 Å². The number of hydrogen-bond donors (Lipinski definition) is 2. The van der Waals surface area contributed by atoms with E-state index in [0.717, 1.165) is 6.07 Å². The summed E-state index contributed by atoms with van der Waals surface area (Å²) >= 11 is 12.4. The Morgan fingerprint density at radius 2 is 1.42 bits per heavy atom. The number of nitrogens with zero attached hydrogens (tertiary/aromatic N) is 1. The van der Waals surface area contributed by atoms with E-state index in [1.54, 1.807) is 7.11 Å². The molecule has 4 rings (SSSR count). The molecule has 5 atom stereocenters. The maximum atomic E-state index is 16.1. The second kappa shape index (κ2) is 27.7. The Morgan fingerprint density at radius 3 is 1.97 bits per heavy atom. The SMILES string of the molecule is COCCOCCOCCOCCOCCOCCOCOC(C)OC(=O)c1ccc(NC(=O)[C@@H]2N[C@@H](CC(C)(C)C)[C@](C#N)(c3ccc(Cl)cc3F)[C@H]2c2cccc(Cl)c2F)c(OC)c1. The molecule has 0 spiro atoms. The molecule has 0 bridgehead atoms. The van der Waals surface area contributed by atoms with E-state index < -0.39 is 58.6 Å². The number of nitriles is 1. The van der Waals surface area contributed by atoms with Crippen LogP contribution in [0.5, 0.6) is 5.75 Å². The predicted octanol–water partition coefficient (Wildman–Crippen LogP) is 7.46. The van der Waals surface area contributed by atoms with Crippen LogP contribution in [0.3, 0.4) is 0 Å². The van der Waals surface area contributed by atoms with Crippen molar-refractivity contribution >= 4 is 40.8 Å². The molecule has 1 aliphatic heterocycles. The van der Waals surface area contributed by atoms with E-state index in [-0.39, 0.29) is 58.0 Å². The van der Waals surface area contributed by atoms with Crippen molar-refractivity contribution in [2.75, 3.05) is 106 Å². The quantitative estimate of drug-likeness (QED) is 0.0399. The second-order valence-corrected chi connectivity index (χ2v) is 17.2. The molecule has 1 heterocycles. The van der Waals surface area contributed by atoms with Crippen LogP contribution in [0.15, 0.2) is 54.6 Å². The van der Waals surface area contributed by atoms with Gasteiger partial charge in [-0.1, -0.05) is 62.2 Å². The number of methoxy groups -OCH3 is 2. The van der Waals surface area contributed by atoms with E-state index in [4.69, 9.17) is 70.6 Å². The molecule has 2 N–H and O–H groups in total. The summed E-state index contributed by atoms with van der Waals surface area (Å²) in [4.78, 5) is 27.6. The van der Waals surface area contributed by atoms with Gasteiger partial charge >= 0.3 is 5.97 Å². The molecule has 1 aliphatic rings. The largest absolute Gasteiger partial charge is 0.495 e. The number of esters is 1. The standard InChI is InChI=1S/C47H61Cl2F2N3O12/c1-31(65-30-64-25-24-63-23-22-62-21-20-61-19-18-60-17-16-59-15-14-57-5)66-45(56)32-10-13-38(39(26-32)58-6)53-44(55)43-41(34-8-7-9-36(49)42(34)51)47(29-52,40(54-43)28-46(2,3)4)35-12-11-33(48)27-37(35)50/h7-13,26-27,31,40-41,43,54H,14-25,28,30H2,1-6H3,(H,53,55)/t31?,40-,41-,43+,47-/m0/s1. The molecule has 3 aromatic carbocycles. The average Bonchev–Trinajstić information content (AvgIpc) is 3.59. The lowest BCUT2D eigenvalue weighted by molar-refractivity contribution is -0.167. The highest BCUT2D eigenvalue weighted by atomic mass is 35.5. The average molecular weight is 969 g/mol. The third-order valence-electron chi connectivity index (χ3n) is 10.4. The number of hydrogen-bond acceptors (Lipinski definition) is 14. The van der Waals surface area contributed by atoms with E-state index in [1.807, 2.05) is 20.8 Å². The molecule has 1 fully saturated rings. The van der Waals surface area contributed by atoms with Gasteiger partial charge in [-0.2, -0.15) is 5.26 Å². The minimum atomic E-state index is -1.82. The third kappa shape index (κ3) is 16.1. The van der Waals surface area contributed by atoms with Gasteiger partial charge < -0.3 is 58.0 Å². The lowest BCUT2D eigenvalue weighted by atomic mass is 9.62. The minimum Gasteiger partial charge on any atom is -0.495 e. The first-order valence-electron chi connectivity index (χ1n) is 21.5.